The summed E-state index contributed by atoms with van der Waals surface area (Å²) in [6, 6.07) is 5.22. The number of hydrogen-bond acceptors (Lipinski definition) is 4. The number of rotatable bonds is 4. The summed E-state index contributed by atoms with van der Waals surface area (Å²) in [7, 11) is 0. The second-order valence-electron chi connectivity index (χ2n) is 4.46. The van der Waals surface area contributed by atoms with E-state index in [1.165, 1.54) is 12.5 Å². The molecule has 0 saturated heterocycles. The van der Waals surface area contributed by atoms with Crippen molar-refractivity contribution >= 4 is 23.6 Å². The second-order valence-corrected chi connectivity index (χ2v) is 4.46. The maximum atomic E-state index is 12.0. The van der Waals surface area contributed by atoms with Crippen molar-refractivity contribution in [2.24, 2.45) is 0 Å². The number of carboxylic acids is 1. The van der Waals surface area contributed by atoms with Gasteiger partial charge in [0.15, 0.2) is 6.39 Å². The van der Waals surface area contributed by atoms with Gasteiger partial charge >= 0.3 is 5.97 Å². The van der Waals surface area contributed by atoms with Crippen molar-refractivity contribution in [3.05, 3.63) is 53.2 Å². The number of carboxylic acid groups (broad SMARTS) is 1. The molecule has 0 aliphatic heterocycles. The van der Waals surface area contributed by atoms with E-state index in [1.54, 1.807) is 25.1 Å². The first-order chi connectivity index (χ1) is 9.97. The Morgan fingerprint density at radius 2 is 2.10 bits per heavy atom. The number of hydrogen-bond donors (Lipinski definition) is 2. The zero-order valence-electron chi connectivity index (χ0n) is 11.6. The van der Waals surface area contributed by atoms with Gasteiger partial charge in [0.2, 0.25) is 5.76 Å². The number of aromatic nitrogens is 1. The standard InChI is InChI=1S/C15H14N2O4/c1-9-3-5-12(7-11(9)4-6-13(18)19)17-15(20)14-10(2)16-8-21-14/h3-8H,1-2H3,(H,17,20)(H,18,19)/b6-4+. The highest BCUT2D eigenvalue weighted by Gasteiger charge is 2.14. The monoisotopic (exact) mass is 286 g/mol. The van der Waals surface area contributed by atoms with E-state index < -0.39 is 11.9 Å². The lowest BCUT2D eigenvalue weighted by molar-refractivity contribution is -0.131. The predicted molar refractivity (Wildman–Crippen MR) is 77.0 cm³/mol. The summed E-state index contributed by atoms with van der Waals surface area (Å²) < 4.78 is 5.02. The smallest absolute Gasteiger partial charge is 0.328 e. The van der Waals surface area contributed by atoms with E-state index in [1.807, 2.05) is 6.92 Å². The molecule has 1 aromatic carbocycles. The Morgan fingerprint density at radius 1 is 1.33 bits per heavy atom. The summed E-state index contributed by atoms with van der Waals surface area (Å²) in [4.78, 5) is 26.4. The highest BCUT2D eigenvalue weighted by molar-refractivity contribution is 6.03. The van der Waals surface area contributed by atoms with Crippen LogP contribution in [0.3, 0.4) is 0 Å². The Kier molecular flexibility index (Phi) is 4.18. The van der Waals surface area contributed by atoms with E-state index in [0.29, 0.717) is 16.9 Å². The quantitative estimate of drug-likeness (QED) is 0.843. The van der Waals surface area contributed by atoms with Crippen LogP contribution in [0.25, 0.3) is 6.08 Å². The number of carbonyl (C=O) groups is 2. The van der Waals surface area contributed by atoms with Gasteiger partial charge in [-0.15, -0.1) is 0 Å². The third kappa shape index (κ3) is 3.56. The SMILES string of the molecule is Cc1ccc(NC(=O)c2ocnc2C)cc1/C=C/C(=O)O. The second kappa shape index (κ2) is 6.04. The molecular weight excluding hydrogens is 272 g/mol. The summed E-state index contributed by atoms with van der Waals surface area (Å²) in [5.74, 6) is -1.28. The van der Waals surface area contributed by atoms with Gasteiger partial charge in [0.05, 0.1) is 5.69 Å². The minimum Gasteiger partial charge on any atom is -0.478 e. The van der Waals surface area contributed by atoms with Crippen LogP contribution in [0.2, 0.25) is 0 Å². The highest BCUT2D eigenvalue weighted by atomic mass is 16.4. The number of nitrogens with one attached hydrogen (secondary N) is 1. The van der Waals surface area contributed by atoms with Crippen LogP contribution in [0.15, 0.2) is 35.1 Å². The fourth-order valence-corrected chi connectivity index (χ4v) is 1.77. The first kappa shape index (κ1) is 14.5. The molecule has 0 radical (unpaired) electrons. The molecule has 2 aromatic rings. The van der Waals surface area contributed by atoms with Gasteiger partial charge in [-0.25, -0.2) is 9.78 Å². The number of oxazole rings is 1. The fraction of sp³-hybridized carbons (Fsp3) is 0.133. The number of aryl methyl sites for hydroxylation is 2. The highest BCUT2D eigenvalue weighted by Crippen LogP contribution is 2.18. The van der Waals surface area contributed by atoms with Crippen molar-refractivity contribution in [3.63, 3.8) is 0 Å². The van der Waals surface area contributed by atoms with E-state index in [2.05, 4.69) is 10.3 Å². The third-order valence-corrected chi connectivity index (χ3v) is 2.89. The molecule has 0 spiro atoms. The number of carbonyl (C=O) groups excluding carboxylic acids is 1. The average molecular weight is 286 g/mol. The minimum absolute atomic E-state index is 0.151. The molecule has 0 fully saturated rings. The Balaban J connectivity index is 2.21. The van der Waals surface area contributed by atoms with E-state index in [9.17, 15) is 9.59 Å². The lowest BCUT2D eigenvalue weighted by Gasteiger charge is -2.07. The minimum atomic E-state index is -1.03. The van der Waals surface area contributed by atoms with Crippen molar-refractivity contribution in [1.82, 2.24) is 4.98 Å². The van der Waals surface area contributed by atoms with Gasteiger partial charge in [0, 0.05) is 11.8 Å². The molecule has 0 aliphatic carbocycles. The average Bonchev–Trinajstić information content (AvgIpc) is 2.85. The van der Waals surface area contributed by atoms with E-state index >= 15 is 0 Å². The van der Waals surface area contributed by atoms with Gasteiger partial charge in [0.25, 0.3) is 5.91 Å². The van der Waals surface area contributed by atoms with Crippen molar-refractivity contribution < 1.29 is 19.1 Å². The number of nitrogens with zero attached hydrogens (tertiary/aromatic N) is 1. The van der Waals surface area contributed by atoms with E-state index in [4.69, 9.17) is 9.52 Å². The van der Waals surface area contributed by atoms with Crippen LogP contribution in [-0.4, -0.2) is 22.0 Å². The fourth-order valence-electron chi connectivity index (χ4n) is 1.77. The molecule has 1 aromatic heterocycles. The van der Waals surface area contributed by atoms with Gasteiger partial charge in [-0.2, -0.15) is 0 Å². The molecule has 6 nitrogen and oxygen atoms in total. The first-order valence-electron chi connectivity index (χ1n) is 6.20. The number of aliphatic carboxylic acids is 1. The maximum absolute atomic E-state index is 12.0. The molecule has 2 N–H and O–H groups in total. The summed E-state index contributed by atoms with van der Waals surface area (Å²) in [6.45, 7) is 3.53. The molecule has 6 heteroatoms. The zero-order chi connectivity index (χ0) is 15.4. The van der Waals surface area contributed by atoms with Crippen LogP contribution < -0.4 is 5.32 Å². The van der Waals surface area contributed by atoms with Gasteiger partial charge in [0.1, 0.15) is 0 Å². The molecular formula is C15H14N2O4. The predicted octanol–water partition coefficient (Wildman–Crippen LogP) is 2.64. The summed E-state index contributed by atoms with van der Waals surface area (Å²) >= 11 is 0. The Labute approximate surface area is 121 Å². The normalized spacial score (nSPS) is 10.8. The molecule has 1 amide bonds. The lowest BCUT2D eigenvalue weighted by atomic mass is 10.1. The van der Waals surface area contributed by atoms with Gasteiger partial charge in [-0.3, -0.25) is 4.79 Å². The third-order valence-electron chi connectivity index (χ3n) is 2.89. The van der Waals surface area contributed by atoms with Crippen molar-refractivity contribution in [2.75, 3.05) is 5.32 Å². The van der Waals surface area contributed by atoms with Crippen molar-refractivity contribution in [1.29, 1.82) is 0 Å². The van der Waals surface area contributed by atoms with Crippen LogP contribution in [-0.2, 0) is 4.79 Å². The largest absolute Gasteiger partial charge is 0.478 e. The van der Waals surface area contributed by atoms with Crippen LogP contribution in [0.5, 0.6) is 0 Å². The van der Waals surface area contributed by atoms with E-state index in [0.717, 1.165) is 11.6 Å². The van der Waals surface area contributed by atoms with Crippen LogP contribution in [0, 0.1) is 13.8 Å². The van der Waals surface area contributed by atoms with Crippen LogP contribution in [0.4, 0.5) is 5.69 Å². The maximum Gasteiger partial charge on any atom is 0.328 e. The topological polar surface area (TPSA) is 92.4 Å². The molecule has 0 unspecified atom stereocenters. The van der Waals surface area contributed by atoms with Gasteiger partial charge in [-0.1, -0.05) is 6.07 Å². The molecule has 21 heavy (non-hydrogen) atoms. The molecule has 0 atom stereocenters. The molecule has 108 valence electrons. The van der Waals surface area contributed by atoms with Crippen molar-refractivity contribution in [3.8, 4) is 0 Å². The Bertz CT molecular complexity index is 716. The molecule has 0 bridgehead atoms. The van der Waals surface area contributed by atoms with Crippen molar-refractivity contribution in [2.45, 2.75) is 13.8 Å². The van der Waals surface area contributed by atoms with E-state index in [-0.39, 0.29) is 5.76 Å². The van der Waals surface area contributed by atoms with Gasteiger partial charge < -0.3 is 14.8 Å². The summed E-state index contributed by atoms with van der Waals surface area (Å²) in [6.07, 6.45) is 3.74. The van der Waals surface area contributed by atoms with Crippen LogP contribution in [0.1, 0.15) is 27.4 Å². The Hall–Kier alpha value is -2.89. The molecule has 0 aliphatic rings. The van der Waals surface area contributed by atoms with Crippen LogP contribution >= 0.6 is 0 Å². The number of amides is 1. The molecule has 0 saturated carbocycles. The Morgan fingerprint density at radius 3 is 2.71 bits per heavy atom. The van der Waals surface area contributed by atoms with Gasteiger partial charge in [-0.05, 0) is 43.2 Å². The number of benzene rings is 1. The molecule has 2 rings (SSSR count). The molecule has 1 heterocycles. The summed E-state index contributed by atoms with van der Waals surface area (Å²) in [5, 5.41) is 11.3. The number of anilines is 1. The first-order valence-corrected chi connectivity index (χ1v) is 6.20. The lowest BCUT2D eigenvalue weighted by Crippen LogP contribution is -2.12. The zero-order valence-corrected chi connectivity index (χ0v) is 11.6. The summed E-state index contributed by atoms with van der Waals surface area (Å²) in [5.41, 5.74) is 2.67.